The number of hydrogen-bond acceptors (Lipinski definition) is 6. The zero-order chi connectivity index (χ0) is 30.0. The number of nitrogens with zero attached hydrogens (tertiary/aromatic N) is 2. The lowest BCUT2D eigenvalue weighted by molar-refractivity contribution is -0.123. The van der Waals surface area contributed by atoms with E-state index in [0.717, 1.165) is 22.0 Å². The van der Waals surface area contributed by atoms with Gasteiger partial charge in [0.15, 0.2) is 6.61 Å². The fraction of sp³-hybridized carbons (Fsp3) is 0.129. The van der Waals surface area contributed by atoms with Crippen molar-refractivity contribution in [3.8, 4) is 5.75 Å². The molecule has 0 aliphatic rings. The molecule has 0 saturated carbocycles. The predicted molar refractivity (Wildman–Crippen MR) is 158 cm³/mol. The van der Waals surface area contributed by atoms with E-state index in [1.54, 1.807) is 42.5 Å². The zero-order valence-electron chi connectivity index (χ0n) is 22.7. The summed E-state index contributed by atoms with van der Waals surface area (Å²) in [5.41, 5.74) is 4.05. The van der Waals surface area contributed by atoms with E-state index < -0.39 is 28.3 Å². The maximum absolute atomic E-state index is 13.5. The molecule has 0 saturated heterocycles. The average Bonchev–Trinajstić information content (AvgIpc) is 3.01. The standard InChI is InChI=1S/C31H29FN4O5S/c1-23(25-8-4-2-5-9-25)34-31(38)22-41-28-18-12-24(13-19-28)20-33-35-30(37)21-36(27-16-14-26(32)15-17-27)42(39,40)29-10-6-3-7-11-29/h2-20,23H,21-22H2,1H3,(H,34,38)(H,35,37)/b33-20-/t23-/m1/s1. The molecule has 1 atom stereocenters. The van der Waals surface area contributed by atoms with Crippen molar-refractivity contribution >= 4 is 33.7 Å². The average molecular weight is 589 g/mol. The summed E-state index contributed by atoms with van der Waals surface area (Å²) in [5.74, 6) is -1.03. The van der Waals surface area contributed by atoms with Crippen LogP contribution in [0, 0.1) is 5.82 Å². The lowest BCUT2D eigenvalue weighted by Crippen LogP contribution is -2.39. The molecular formula is C31H29FN4O5S. The number of sulfonamides is 1. The number of rotatable bonds is 12. The highest BCUT2D eigenvalue weighted by atomic mass is 32.2. The first kappa shape index (κ1) is 29.9. The normalized spacial score (nSPS) is 12.0. The maximum atomic E-state index is 13.5. The van der Waals surface area contributed by atoms with Crippen LogP contribution in [0.1, 0.15) is 24.1 Å². The number of hydrazone groups is 1. The van der Waals surface area contributed by atoms with E-state index in [0.29, 0.717) is 11.3 Å². The second kappa shape index (κ2) is 14.0. The molecule has 4 rings (SSSR count). The molecule has 4 aromatic carbocycles. The Hall–Kier alpha value is -5.03. The Labute approximate surface area is 243 Å². The van der Waals surface area contributed by atoms with Gasteiger partial charge in [0, 0.05) is 0 Å². The summed E-state index contributed by atoms with van der Waals surface area (Å²) >= 11 is 0. The number of ether oxygens (including phenoxy) is 1. The number of hydrogen-bond donors (Lipinski definition) is 2. The molecule has 2 amide bonds. The zero-order valence-corrected chi connectivity index (χ0v) is 23.5. The monoisotopic (exact) mass is 588 g/mol. The van der Waals surface area contributed by atoms with E-state index in [1.807, 2.05) is 37.3 Å². The van der Waals surface area contributed by atoms with Gasteiger partial charge in [-0.25, -0.2) is 18.2 Å². The van der Waals surface area contributed by atoms with Gasteiger partial charge in [0.2, 0.25) is 0 Å². The van der Waals surface area contributed by atoms with Crippen molar-refractivity contribution in [1.82, 2.24) is 10.7 Å². The van der Waals surface area contributed by atoms with Crippen LogP contribution in [0.15, 0.2) is 119 Å². The molecular weight excluding hydrogens is 559 g/mol. The molecule has 0 radical (unpaired) electrons. The van der Waals surface area contributed by atoms with Gasteiger partial charge in [-0.05, 0) is 78.7 Å². The minimum absolute atomic E-state index is 0.0175. The Kier molecular flexibility index (Phi) is 10.0. The summed E-state index contributed by atoms with van der Waals surface area (Å²) in [6.45, 7) is 1.15. The smallest absolute Gasteiger partial charge is 0.264 e. The Bertz CT molecular complexity index is 1620. The lowest BCUT2D eigenvalue weighted by Gasteiger charge is -2.23. The second-order valence-electron chi connectivity index (χ2n) is 9.15. The predicted octanol–water partition coefficient (Wildman–Crippen LogP) is 4.43. The van der Waals surface area contributed by atoms with Gasteiger partial charge in [0.05, 0.1) is 22.8 Å². The van der Waals surface area contributed by atoms with Gasteiger partial charge in [0.1, 0.15) is 18.1 Å². The molecule has 0 heterocycles. The number of carbonyl (C=O) groups excluding carboxylic acids is 2. The first-order valence-corrected chi connectivity index (χ1v) is 14.4. The number of anilines is 1. The van der Waals surface area contributed by atoms with Crippen LogP contribution < -0.4 is 19.8 Å². The minimum Gasteiger partial charge on any atom is -0.484 e. The van der Waals surface area contributed by atoms with Crippen molar-refractivity contribution in [2.75, 3.05) is 17.5 Å². The van der Waals surface area contributed by atoms with Crippen LogP contribution in [-0.4, -0.2) is 39.6 Å². The third-order valence-corrected chi connectivity index (χ3v) is 7.85. The Morgan fingerprint density at radius 1 is 0.881 bits per heavy atom. The molecule has 0 unspecified atom stereocenters. The van der Waals surface area contributed by atoms with E-state index in [-0.39, 0.29) is 29.1 Å². The van der Waals surface area contributed by atoms with Gasteiger partial charge in [-0.1, -0.05) is 48.5 Å². The van der Waals surface area contributed by atoms with Crippen molar-refractivity contribution < 1.29 is 27.1 Å². The number of benzene rings is 4. The van der Waals surface area contributed by atoms with Crippen LogP contribution >= 0.6 is 0 Å². The molecule has 0 aliphatic carbocycles. The topological polar surface area (TPSA) is 117 Å². The van der Waals surface area contributed by atoms with Crippen molar-refractivity contribution in [3.63, 3.8) is 0 Å². The molecule has 216 valence electrons. The largest absolute Gasteiger partial charge is 0.484 e. The van der Waals surface area contributed by atoms with Crippen LogP contribution in [0.2, 0.25) is 0 Å². The highest BCUT2D eigenvalue weighted by Gasteiger charge is 2.27. The summed E-state index contributed by atoms with van der Waals surface area (Å²) in [5, 5.41) is 6.79. The minimum atomic E-state index is -4.12. The summed E-state index contributed by atoms with van der Waals surface area (Å²) in [6, 6.07) is 28.5. The maximum Gasteiger partial charge on any atom is 0.264 e. The molecule has 0 bridgehead atoms. The number of carbonyl (C=O) groups is 2. The molecule has 11 heteroatoms. The molecule has 4 aromatic rings. The Morgan fingerprint density at radius 3 is 2.14 bits per heavy atom. The first-order chi connectivity index (χ1) is 20.2. The molecule has 42 heavy (non-hydrogen) atoms. The molecule has 0 aliphatic heterocycles. The van der Waals surface area contributed by atoms with E-state index >= 15 is 0 Å². The summed E-state index contributed by atoms with van der Waals surface area (Å²) in [4.78, 5) is 24.9. The number of halogens is 1. The highest BCUT2D eigenvalue weighted by Crippen LogP contribution is 2.23. The third-order valence-electron chi connectivity index (χ3n) is 6.06. The van der Waals surface area contributed by atoms with Crippen molar-refractivity contribution in [3.05, 3.63) is 126 Å². The van der Waals surface area contributed by atoms with Gasteiger partial charge >= 0.3 is 0 Å². The molecule has 2 N–H and O–H groups in total. The molecule has 0 aromatic heterocycles. The van der Waals surface area contributed by atoms with Crippen LogP contribution in [0.3, 0.4) is 0 Å². The van der Waals surface area contributed by atoms with Gasteiger partial charge in [-0.2, -0.15) is 5.10 Å². The molecule has 0 fully saturated rings. The van der Waals surface area contributed by atoms with Crippen LogP contribution in [-0.2, 0) is 19.6 Å². The Morgan fingerprint density at radius 2 is 1.50 bits per heavy atom. The molecule has 0 spiro atoms. The SMILES string of the molecule is C[C@@H](NC(=O)COc1ccc(/C=N\NC(=O)CN(c2ccc(F)cc2)S(=O)(=O)c2ccccc2)cc1)c1ccccc1. The van der Waals surface area contributed by atoms with Crippen molar-refractivity contribution in [1.29, 1.82) is 0 Å². The van der Waals surface area contributed by atoms with E-state index in [2.05, 4.69) is 15.8 Å². The highest BCUT2D eigenvalue weighted by molar-refractivity contribution is 7.92. The third kappa shape index (κ3) is 8.24. The van der Waals surface area contributed by atoms with Gasteiger partial charge in [-0.3, -0.25) is 13.9 Å². The van der Waals surface area contributed by atoms with Gasteiger partial charge in [0.25, 0.3) is 21.8 Å². The van der Waals surface area contributed by atoms with Crippen molar-refractivity contribution in [2.45, 2.75) is 17.9 Å². The summed E-state index contributed by atoms with van der Waals surface area (Å²) in [7, 11) is -4.12. The Balaban J connectivity index is 1.32. The fourth-order valence-electron chi connectivity index (χ4n) is 3.89. The van der Waals surface area contributed by atoms with Gasteiger partial charge < -0.3 is 10.1 Å². The number of nitrogens with one attached hydrogen (secondary N) is 2. The van der Waals surface area contributed by atoms with Gasteiger partial charge in [-0.15, -0.1) is 0 Å². The summed E-state index contributed by atoms with van der Waals surface area (Å²) in [6.07, 6.45) is 1.38. The van der Waals surface area contributed by atoms with Crippen LogP contribution in [0.25, 0.3) is 0 Å². The molecule has 9 nitrogen and oxygen atoms in total. The quantitative estimate of drug-likeness (QED) is 0.188. The summed E-state index contributed by atoms with van der Waals surface area (Å²) < 4.78 is 46.5. The second-order valence-corrected chi connectivity index (χ2v) is 11.0. The fourth-order valence-corrected chi connectivity index (χ4v) is 5.34. The van der Waals surface area contributed by atoms with E-state index in [1.165, 1.54) is 30.5 Å². The first-order valence-electron chi connectivity index (χ1n) is 12.9. The number of amides is 2. The van der Waals surface area contributed by atoms with E-state index in [4.69, 9.17) is 4.74 Å². The lowest BCUT2D eigenvalue weighted by atomic mass is 10.1. The van der Waals surface area contributed by atoms with E-state index in [9.17, 15) is 22.4 Å². The van der Waals surface area contributed by atoms with Crippen molar-refractivity contribution in [2.24, 2.45) is 5.10 Å². The van der Waals surface area contributed by atoms with Crippen LogP contribution in [0.4, 0.5) is 10.1 Å². The van der Waals surface area contributed by atoms with Crippen LogP contribution in [0.5, 0.6) is 5.75 Å².